The number of hydrogen-bond acceptors (Lipinski definition) is 3. The lowest BCUT2D eigenvalue weighted by Crippen LogP contribution is -2.13. The van der Waals surface area contributed by atoms with Gasteiger partial charge >= 0.3 is 11.9 Å². The number of hydrogen-bond donors (Lipinski definition) is 2. The average Bonchev–Trinajstić information content (AvgIpc) is 2.31. The minimum atomic E-state index is -1.27. The van der Waals surface area contributed by atoms with Gasteiger partial charge in [-0.15, -0.1) is 0 Å². The van der Waals surface area contributed by atoms with Crippen LogP contribution in [0.15, 0.2) is 12.1 Å². The van der Waals surface area contributed by atoms with E-state index in [0.29, 0.717) is 10.9 Å². The summed E-state index contributed by atoms with van der Waals surface area (Å²) in [4.78, 5) is 26.9. The highest BCUT2D eigenvalue weighted by Crippen LogP contribution is 2.28. The normalized spacial score (nSPS) is 10.7. The lowest BCUT2D eigenvalue weighted by molar-refractivity contribution is 0.0652. The smallest absolute Gasteiger partial charge is 0.338 e. The van der Waals surface area contributed by atoms with E-state index in [-0.39, 0.29) is 16.8 Å². The number of carboxylic acids is 2. The van der Waals surface area contributed by atoms with Crippen molar-refractivity contribution in [3.63, 3.8) is 0 Å². The number of rotatable bonds is 2. The molecule has 0 atom stereocenters. The summed E-state index contributed by atoms with van der Waals surface area (Å²) in [6, 6.07) is 3.55. The molecular weight excluding hydrogens is 246 g/mol. The Labute approximate surface area is 109 Å². The highest BCUT2D eigenvalue weighted by molar-refractivity contribution is 6.12. The second-order valence-electron chi connectivity index (χ2n) is 4.46. The fourth-order valence-corrected chi connectivity index (χ4v) is 2.23. The second-order valence-corrected chi connectivity index (χ2v) is 4.46. The fraction of sp³-hybridized carbons (Fsp3) is 0.214. The summed E-state index contributed by atoms with van der Waals surface area (Å²) >= 11 is 0. The summed E-state index contributed by atoms with van der Waals surface area (Å²) in [5.41, 5.74) is 1.93. The van der Waals surface area contributed by atoms with Gasteiger partial charge in [0, 0.05) is 5.39 Å². The van der Waals surface area contributed by atoms with E-state index in [1.807, 2.05) is 13.0 Å². The Morgan fingerprint density at radius 2 is 1.58 bits per heavy atom. The van der Waals surface area contributed by atoms with Gasteiger partial charge in [0.05, 0.1) is 22.3 Å². The van der Waals surface area contributed by atoms with Crippen LogP contribution in [-0.4, -0.2) is 27.1 Å². The quantitative estimate of drug-likeness (QED) is 0.865. The highest BCUT2D eigenvalue weighted by atomic mass is 16.4. The molecule has 1 aromatic carbocycles. The van der Waals surface area contributed by atoms with Crippen molar-refractivity contribution in [2.45, 2.75) is 20.8 Å². The zero-order valence-corrected chi connectivity index (χ0v) is 10.8. The third-order valence-electron chi connectivity index (χ3n) is 3.29. The second kappa shape index (κ2) is 4.35. The predicted molar refractivity (Wildman–Crippen MR) is 69.9 cm³/mol. The Kier molecular flexibility index (Phi) is 2.98. The van der Waals surface area contributed by atoms with Gasteiger partial charge in [-0.3, -0.25) is 4.98 Å². The van der Waals surface area contributed by atoms with Crippen molar-refractivity contribution < 1.29 is 19.8 Å². The van der Waals surface area contributed by atoms with E-state index in [2.05, 4.69) is 4.98 Å². The van der Waals surface area contributed by atoms with Crippen molar-refractivity contribution in [2.75, 3.05) is 0 Å². The molecule has 0 aliphatic heterocycles. The monoisotopic (exact) mass is 259 g/mol. The topological polar surface area (TPSA) is 87.5 Å². The van der Waals surface area contributed by atoms with Crippen molar-refractivity contribution in [3.8, 4) is 0 Å². The molecule has 1 aromatic heterocycles. The van der Waals surface area contributed by atoms with E-state index in [1.54, 1.807) is 13.0 Å². The van der Waals surface area contributed by atoms with Gasteiger partial charge in [0.2, 0.25) is 0 Å². The summed E-state index contributed by atoms with van der Waals surface area (Å²) in [6.45, 7) is 5.12. The first-order chi connectivity index (χ1) is 8.84. The first-order valence-electron chi connectivity index (χ1n) is 5.71. The molecule has 0 saturated carbocycles. The third kappa shape index (κ3) is 1.93. The summed E-state index contributed by atoms with van der Waals surface area (Å²) in [6.07, 6.45) is 0. The van der Waals surface area contributed by atoms with E-state index in [9.17, 15) is 19.8 Å². The van der Waals surface area contributed by atoms with Gasteiger partial charge in [0.1, 0.15) is 0 Å². The molecule has 19 heavy (non-hydrogen) atoms. The van der Waals surface area contributed by atoms with E-state index in [0.717, 1.165) is 11.1 Å². The number of aromatic nitrogens is 1. The van der Waals surface area contributed by atoms with Gasteiger partial charge in [-0.25, -0.2) is 9.59 Å². The lowest BCUT2D eigenvalue weighted by Gasteiger charge is -2.12. The number of benzene rings is 1. The van der Waals surface area contributed by atoms with Crippen molar-refractivity contribution in [2.24, 2.45) is 0 Å². The maximum Gasteiger partial charge on any atom is 0.338 e. The van der Waals surface area contributed by atoms with Gasteiger partial charge in [0.15, 0.2) is 0 Å². The van der Waals surface area contributed by atoms with Gasteiger partial charge < -0.3 is 10.2 Å². The van der Waals surface area contributed by atoms with Crippen molar-refractivity contribution >= 4 is 22.8 Å². The molecule has 0 aliphatic carbocycles. The van der Waals surface area contributed by atoms with Crippen LogP contribution in [0.2, 0.25) is 0 Å². The highest BCUT2D eigenvalue weighted by Gasteiger charge is 2.24. The number of aryl methyl sites for hydroxylation is 3. The van der Waals surface area contributed by atoms with Crippen LogP contribution < -0.4 is 0 Å². The molecule has 0 radical (unpaired) electrons. The number of carboxylic acid groups (broad SMARTS) is 2. The number of aromatic carboxylic acids is 2. The summed E-state index contributed by atoms with van der Waals surface area (Å²) in [5, 5.41) is 19.0. The number of carbonyl (C=O) groups is 2. The molecule has 0 spiro atoms. The first-order valence-corrected chi connectivity index (χ1v) is 5.71. The third-order valence-corrected chi connectivity index (χ3v) is 3.29. The minimum Gasteiger partial charge on any atom is -0.478 e. The molecule has 0 unspecified atom stereocenters. The Morgan fingerprint density at radius 3 is 2.11 bits per heavy atom. The predicted octanol–water partition coefficient (Wildman–Crippen LogP) is 2.56. The van der Waals surface area contributed by atoms with Crippen LogP contribution in [0.5, 0.6) is 0 Å². The van der Waals surface area contributed by atoms with Crippen molar-refractivity contribution in [1.29, 1.82) is 0 Å². The number of nitrogens with zero attached hydrogens (tertiary/aromatic N) is 1. The van der Waals surface area contributed by atoms with E-state index >= 15 is 0 Å². The largest absolute Gasteiger partial charge is 0.478 e. The van der Waals surface area contributed by atoms with Crippen molar-refractivity contribution in [1.82, 2.24) is 4.98 Å². The Hall–Kier alpha value is -2.43. The molecule has 0 bridgehead atoms. The van der Waals surface area contributed by atoms with Crippen LogP contribution in [0.4, 0.5) is 0 Å². The first kappa shape index (κ1) is 13.0. The summed E-state index contributed by atoms with van der Waals surface area (Å²) < 4.78 is 0. The standard InChI is InChI=1S/C14H13NO4/c1-6-4-5-9-10(7(6)2)12(14(18)19)11(13(16)17)8(3)15-9/h4-5H,1-3H3,(H,16,17)(H,18,19). The molecule has 0 aliphatic rings. The summed E-state index contributed by atoms with van der Waals surface area (Å²) in [5.74, 6) is -2.52. The zero-order valence-electron chi connectivity index (χ0n) is 10.8. The van der Waals surface area contributed by atoms with Crippen LogP contribution in [0, 0.1) is 20.8 Å². The molecule has 1 heterocycles. The minimum absolute atomic E-state index is 0.184. The number of fused-ring (bicyclic) bond motifs is 1. The maximum atomic E-state index is 11.5. The molecule has 5 heteroatoms. The van der Waals surface area contributed by atoms with E-state index in [1.165, 1.54) is 6.92 Å². The molecular formula is C14H13NO4. The lowest BCUT2D eigenvalue weighted by atomic mass is 9.95. The Balaban J connectivity index is 3.10. The molecule has 0 fully saturated rings. The molecule has 5 nitrogen and oxygen atoms in total. The van der Waals surface area contributed by atoms with Crippen LogP contribution >= 0.6 is 0 Å². The van der Waals surface area contributed by atoms with E-state index < -0.39 is 11.9 Å². The summed E-state index contributed by atoms with van der Waals surface area (Å²) in [7, 11) is 0. The van der Waals surface area contributed by atoms with Crippen molar-refractivity contribution in [3.05, 3.63) is 40.1 Å². The van der Waals surface area contributed by atoms with Crippen LogP contribution in [0.25, 0.3) is 10.9 Å². The van der Waals surface area contributed by atoms with Crippen LogP contribution in [0.3, 0.4) is 0 Å². The SMILES string of the molecule is Cc1ccc2nc(C)c(C(=O)O)c(C(=O)O)c2c1C. The molecule has 0 saturated heterocycles. The van der Waals surface area contributed by atoms with Gasteiger partial charge in [-0.2, -0.15) is 0 Å². The molecule has 0 amide bonds. The average molecular weight is 259 g/mol. The number of pyridine rings is 1. The fourth-order valence-electron chi connectivity index (χ4n) is 2.23. The van der Waals surface area contributed by atoms with Crippen LogP contribution in [-0.2, 0) is 0 Å². The van der Waals surface area contributed by atoms with Gasteiger partial charge in [0.25, 0.3) is 0 Å². The van der Waals surface area contributed by atoms with Crippen LogP contribution in [0.1, 0.15) is 37.5 Å². The molecule has 2 N–H and O–H groups in total. The molecule has 98 valence electrons. The van der Waals surface area contributed by atoms with E-state index in [4.69, 9.17) is 0 Å². The molecule has 2 rings (SSSR count). The Bertz CT molecular complexity index is 719. The molecule has 2 aromatic rings. The maximum absolute atomic E-state index is 11.5. The Morgan fingerprint density at radius 1 is 1.00 bits per heavy atom. The van der Waals surface area contributed by atoms with Gasteiger partial charge in [-0.05, 0) is 38.0 Å². The van der Waals surface area contributed by atoms with Gasteiger partial charge in [-0.1, -0.05) is 6.07 Å². The zero-order chi connectivity index (χ0) is 14.3.